The lowest BCUT2D eigenvalue weighted by Gasteiger charge is -2.58. The molecule has 178 valence electrons. The van der Waals surface area contributed by atoms with Crippen molar-refractivity contribution in [2.45, 2.75) is 37.5 Å². The smallest absolute Gasteiger partial charge is 0.319 e. The number of hydrogen-bond acceptors (Lipinski definition) is 9. The maximum absolute atomic E-state index is 15.6. The Morgan fingerprint density at radius 1 is 1.21 bits per heavy atom. The molecule has 0 unspecified atom stereocenters. The van der Waals surface area contributed by atoms with Gasteiger partial charge >= 0.3 is 6.01 Å². The van der Waals surface area contributed by atoms with E-state index in [1.54, 1.807) is 24.3 Å². The normalized spacial score (nSPS) is 26.4. The maximum Gasteiger partial charge on any atom is 0.319 e. The van der Waals surface area contributed by atoms with E-state index in [-0.39, 0.29) is 23.7 Å². The third kappa shape index (κ3) is 3.62. The van der Waals surface area contributed by atoms with E-state index in [0.717, 1.165) is 19.4 Å². The van der Waals surface area contributed by atoms with E-state index in [1.165, 1.54) is 13.4 Å². The summed E-state index contributed by atoms with van der Waals surface area (Å²) in [5, 5.41) is 19.3. The van der Waals surface area contributed by atoms with Gasteiger partial charge in [0, 0.05) is 24.7 Å². The van der Waals surface area contributed by atoms with Crippen LogP contribution in [0.4, 0.5) is 10.2 Å². The SMILES string of the molecule is COc1ncnc(-c2ccc(-c3ccc(N(C)[C@@H]4[C@H]5CC[C@@](C)([C@@H]4F)N(C)C5)nn3)c(O)c2)n1. The largest absolute Gasteiger partial charge is 0.507 e. The van der Waals surface area contributed by atoms with Gasteiger partial charge in [-0.15, -0.1) is 10.2 Å². The molecule has 2 saturated heterocycles. The number of aromatic nitrogens is 5. The lowest BCUT2D eigenvalue weighted by Crippen LogP contribution is -2.70. The highest BCUT2D eigenvalue weighted by atomic mass is 19.1. The molecule has 10 heteroatoms. The molecule has 1 aromatic carbocycles. The van der Waals surface area contributed by atoms with Gasteiger partial charge < -0.3 is 14.7 Å². The molecule has 9 nitrogen and oxygen atoms in total. The molecule has 3 aromatic rings. The third-order valence-electron chi connectivity index (χ3n) is 7.50. The summed E-state index contributed by atoms with van der Waals surface area (Å²) in [5.41, 5.74) is 1.21. The van der Waals surface area contributed by atoms with Gasteiger partial charge in [-0.05, 0) is 57.0 Å². The van der Waals surface area contributed by atoms with Gasteiger partial charge in [0.25, 0.3) is 0 Å². The van der Waals surface area contributed by atoms with Crippen LogP contribution in [-0.2, 0) is 0 Å². The van der Waals surface area contributed by atoms with E-state index in [1.807, 2.05) is 32.0 Å². The summed E-state index contributed by atoms with van der Waals surface area (Å²) in [4.78, 5) is 16.3. The molecular formula is C24H28FN7O2. The van der Waals surface area contributed by atoms with Gasteiger partial charge in [0.2, 0.25) is 0 Å². The number of rotatable bonds is 5. The average molecular weight is 466 g/mol. The number of phenols is 1. The molecule has 3 aliphatic rings. The van der Waals surface area contributed by atoms with Crippen LogP contribution >= 0.6 is 0 Å². The van der Waals surface area contributed by atoms with Crippen molar-refractivity contribution in [1.82, 2.24) is 30.0 Å². The number of nitrogens with zero attached hydrogens (tertiary/aromatic N) is 7. The standard InChI is InChI=1S/C24H28FN7O2/c1-24-10-9-15(12-31(24)2)20(21(24)25)32(3)19-8-7-17(29-30-19)16-6-5-14(11-18(16)33)22-26-13-27-23(28-22)34-4/h5-8,11,13,15,20-21,33H,9-10,12H2,1-4H3/t15-,20+,21+,24-/m0/s1. The minimum absolute atomic E-state index is 0.0247. The molecule has 2 bridgehead atoms. The van der Waals surface area contributed by atoms with Crippen LogP contribution in [0.2, 0.25) is 0 Å². The van der Waals surface area contributed by atoms with Crippen LogP contribution < -0.4 is 9.64 Å². The topological polar surface area (TPSA) is 100 Å². The molecule has 1 aliphatic carbocycles. The first-order valence-corrected chi connectivity index (χ1v) is 11.3. The van der Waals surface area contributed by atoms with Crippen molar-refractivity contribution in [3.63, 3.8) is 0 Å². The Hall–Kier alpha value is -3.40. The summed E-state index contributed by atoms with van der Waals surface area (Å²) in [6.07, 6.45) is 2.26. The maximum atomic E-state index is 15.6. The molecule has 4 atom stereocenters. The fourth-order valence-electron chi connectivity index (χ4n) is 5.28. The number of anilines is 1. The van der Waals surface area contributed by atoms with Crippen LogP contribution in [0, 0.1) is 5.92 Å². The van der Waals surface area contributed by atoms with Crippen molar-refractivity contribution in [1.29, 1.82) is 0 Å². The quantitative estimate of drug-likeness (QED) is 0.609. The number of methoxy groups -OCH3 is 1. The highest BCUT2D eigenvalue weighted by molar-refractivity contribution is 5.72. The number of hydrogen-bond donors (Lipinski definition) is 1. The molecule has 4 heterocycles. The zero-order chi connectivity index (χ0) is 24.0. The predicted octanol–water partition coefficient (Wildman–Crippen LogP) is 2.97. The summed E-state index contributed by atoms with van der Waals surface area (Å²) < 4.78 is 20.6. The van der Waals surface area contributed by atoms with E-state index >= 15 is 4.39 Å². The first kappa shape index (κ1) is 22.4. The number of aromatic hydroxyl groups is 1. The Kier molecular flexibility index (Phi) is 5.55. The average Bonchev–Trinajstić information content (AvgIpc) is 2.85. The van der Waals surface area contributed by atoms with Gasteiger partial charge in [-0.3, -0.25) is 4.90 Å². The minimum atomic E-state index is -0.970. The van der Waals surface area contributed by atoms with E-state index in [2.05, 4.69) is 30.0 Å². The summed E-state index contributed by atoms with van der Waals surface area (Å²) in [6.45, 7) is 2.90. The highest BCUT2D eigenvalue weighted by Gasteiger charge is 2.55. The van der Waals surface area contributed by atoms with Crippen LogP contribution in [0.3, 0.4) is 0 Å². The van der Waals surface area contributed by atoms with Gasteiger partial charge in [0.05, 0.1) is 24.4 Å². The van der Waals surface area contributed by atoms with Gasteiger partial charge in [-0.2, -0.15) is 9.97 Å². The van der Waals surface area contributed by atoms with Gasteiger partial charge in [0.15, 0.2) is 11.6 Å². The molecule has 6 rings (SSSR count). The van der Waals surface area contributed by atoms with Crippen molar-refractivity contribution in [3.05, 3.63) is 36.7 Å². The fraction of sp³-hybridized carbons (Fsp3) is 0.458. The number of alkyl halides is 1. The molecule has 0 amide bonds. The Balaban J connectivity index is 1.37. The second-order valence-corrected chi connectivity index (χ2v) is 9.34. The monoisotopic (exact) mass is 465 g/mol. The first-order chi connectivity index (χ1) is 16.3. The molecular weight excluding hydrogens is 437 g/mol. The fourth-order valence-corrected chi connectivity index (χ4v) is 5.28. The number of benzene rings is 1. The molecule has 0 spiro atoms. The zero-order valence-electron chi connectivity index (χ0n) is 19.7. The molecule has 1 N–H and O–H groups in total. The minimum Gasteiger partial charge on any atom is -0.507 e. The molecule has 3 fully saturated rings. The third-order valence-corrected chi connectivity index (χ3v) is 7.50. The Bertz CT molecular complexity index is 1190. The summed E-state index contributed by atoms with van der Waals surface area (Å²) in [5.74, 6) is 1.28. The van der Waals surface area contributed by atoms with E-state index < -0.39 is 11.7 Å². The summed E-state index contributed by atoms with van der Waals surface area (Å²) in [6, 6.07) is 8.67. The Labute approximate surface area is 197 Å². The van der Waals surface area contributed by atoms with E-state index in [9.17, 15) is 5.11 Å². The predicted molar refractivity (Wildman–Crippen MR) is 125 cm³/mol. The van der Waals surface area contributed by atoms with Crippen LogP contribution in [0.25, 0.3) is 22.6 Å². The van der Waals surface area contributed by atoms with Gasteiger partial charge in [-0.25, -0.2) is 9.37 Å². The first-order valence-electron chi connectivity index (χ1n) is 11.3. The van der Waals surface area contributed by atoms with E-state index in [0.29, 0.717) is 28.5 Å². The second-order valence-electron chi connectivity index (χ2n) is 9.34. The van der Waals surface area contributed by atoms with Crippen molar-refractivity contribution < 1.29 is 14.2 Å². The number of ether oxygens (including phenoxy) is 1. The van der Waals surface area contributed by atoms with Crippen molar-refractivity contribution in [2.24, 2.45) is 5.92 Å². The van der Waals surface area contributed by atoms with Crippen LogP contribution in [0.5, 0.6) is 11.8 Å². The molecule has 0 radical (unpaired) electrons. The zero-order valence-corrected chi connectivity index (χ0v) is 19.7. The molecule has 1 saturated carbocycles. The number of phenolic OH excluding ortho intramolecular Hbond substituents is 1. The second kappa shape index (κ2) is 8.43. The molecule has 2 aromatic heterocycles. The number of fused-ring (bicyclic) bond motifs is 3. The lowest BCUT2D eigenvalue weighted by atomic mass is 9.67. The summed E-state index contributed by atoms with van der Waals surface area (Å²) in [7, 11) is 5.38. The summed E-state index contributed by atoms with van der Waals surface area (Å²) >= 11 is 0. The Morgan fingerprint density at radius 3 is 2.71 bits per heavy atom. The van der Waals surface area contributed by atoms with Gasteiger partial charge in [-0.1, -0.05) is 6.07 Å². The van der Waals surface area contributed by atoms with E-state index in [4.69, 9.17) is 4.74 Å². The highest BCUT2D eigenvalue weighted by Crippen LogP contribution is 2.46. The number of piperidine rings is 2. The van der Waals surface area contributed by atoms with Crippen LogP contribution in [0.15, 0.2) is 36.7 Å². The van der Waals surface area contributed by atoms with Crippen LogP contribution in [0.1, 0.15) is 19.8 Å². The molecule has 34 heavy (non-hydrogen) atoms. The van der Waals surface area contributed by atoms with Gasteiger partial charge in [0.1, 0.15) is 18.2 Å². The van der Waals surface area contributed by atoms with Crippen molar-refractivity contribution in [2.75, 3.05) is 32.6 Å². The van der Waals surface area contributed by atoms with Crippen molar-refractivity contribution >= 4 is 5.82 Å². The van der Waals surface area contributed by atoms with Crippen molar-refractivity contribution in [3.8, 4) is 34.4 Å². The number of halogens is 1. The Morgan fingerprint density at radius 2 is 2.03 bits per heavy atom. The lowest BCUT2D eigenvalue weighted by molar-refractivity contribution is -0.0816. The molecule has 2 aliphatic heterocycles. The van der Waals surface area contributed by atoms with Crippen LogP contribution in [-0.4, -0.2) is 80.7 Å².